The average Bonchev–Trinajstić information content (AvgIpc) is 2.90. The van der Waals surface area contributed by atoms with Gasteiger partial charge in [0, 0.05) is 12.8 Å². The third-order valence-corrected chi connectivity index (χ3v) is 2.53. The van der Waals surface area contributed by atoms with E-state index in [0.717, 1.165) is 31.4 Å². The molecule has 0 amide bonds. The van der Waals surface area contributed by atoms with Gasteiger partial charge < -0.3 is 5.32 Å². The van der Waals surface area contributed by atoms with E-state index in [1.165, 1.54) is 12.8 Å². The van der Waals surface area contributed by atoms with Crippen LogP contribution >= 0.6 is 0 Å². The third kappa shape index (κ3) is 6.13. The molecule has 0 radical (unpaired) electrons. The van der Waals surface area contributed by atoms with Gasteiger partial charge in [0.05, 0.1) is 5.71 Å². The maximum absolute atomic E-state index is 10.3. The highest BCUT2D eigenvalue weighted by Crippen LogP contribution is 2.05. The number of aldehydes is 1. The molecule has 2 aliphatic heterocycles. The zero-order chi connectivity index (χ0) is 13.1. The van der Waals surface area contributed by atoms with Crippen molar-refractivity contribution in [3.05, 3.63) is 24.4 Å². The van der Waals surface area contributed by atoms with Gasteiger partial charge in [-0.1, -0.05) is 31.9 Å². The summed E-state index contributed by atoms with van der Waals surface area (Å²) in [6.07, 6.45) is 14.6. The molecule has 4 heteroatoms. The normalized spacial score (nSPS) is 19.8. The van der Waals surface area contributed by atoms with Crippen molar-refractivity contribution in [2.75, 3.05) is 6.54 Å². The third-order valence-electron chi connectivity index (χ3n) is 2.53. The molecule has 0 saturated carbocycles. The zero-order valence-electron chi connectivity index (χ0n) is 10.9. The largest absolute Gasteiger partial charge is 0.387 e. The topological polar surface area (TPSA) is 53.8 Å². The molecule has 0 bridgehead atoms. The van der Waals surface area contributed by atoms with Gasteiger partial charge in [0.1, 0.15) is 0 Å². The fourth-order valence-corrected chi connectivity index (χ4v) is 1.56. The Kier molecular flexibility index (Phi) is 7.44. The molecule has 2 aliphatic rings. The number of rotatable bonds is 5. The van der Waals surface area contributed by atoms with Crippen molar-refractivity contribution in [3.63, 3.8) is 0 Å². The molecule has 1 N–H and O–H groups in total. The monoisotopic (exact) mass is 247 g/mol. The number of nitrogens with zero attached hydrogens (tertiary/aromatic N) is 2. The fraction of sp³-hybridized carbons (Fsp3) is 0.500. The van der Waals surface area contributed by atoms with Crippen molar-refractivity contribution in [1.29, 1.82) is 0 Å². The number of dihydropyridines is 1. The molecule has 4 nitrogen and oxygen atoms in total. The van der Waals surface area contributed by atoms with E-state index in [2.05, 4.69) is 28.3 Å². The number of carbonyl (C=O) groups is 1. The molecule has 0 fully saturated rings. The van der Waals surface area contributed by atoms with E-state index < -0.39 is 6.17 Å². The van der Waals surface area contributed by atoms with E-state index in [-0.39, 0.29) is 0 Å². The van der Waals surface area contributed by atoms with Crippen LogP contribution in [0.3, 0.4) is 0 Å². The van der Waals surface area contributed by atoms with Crippen LogP contribution in [-0.4, -0.2) is 30.9 Å². The maximum Gasteiger partial charge on any atom is 0.195 e. The van der Waals surface area contributed by atoms with Crippen LogP contribution in [0.25, 0.3) is 0 Å². The maximum atomic E-state index is 10.3. The predicted octanol–water partition coefficient (Wildman–Crippen LogP) is 2.28. The Hall–Kier alpha value is -1.71. The Bertz CT molecular complexity index is 344. The lowest BCUT2D eigenvalue weighted by molar-refractivity contribution is -0.108. The van der Waals surface area contributed by atoms with Crippen LogP contribution in [0.5, 0.6) is 0 Å². The van der Waals surface area contributed by atoms with E-state index in [1.54, 1.807) is 6.21 Å². The van der Waals surface area contributed by atoms with Gasteiger partial charge in [0.15, 0.2) is 12.5 Å². The Balaban J connectivity index is 0.000000225. The van der Waals surface area contributed by atoms with E-state index >= 15 is 0 Å². The number of aliphatic imine (C=N–C) groups is 2. The van der Waals surface area contributed by atoms with Crippen molar-refractivity contribution in [3.8, 4) is 0 Å². The molecule has 1 atom stereocenters. The summed E-state index contributed by atoms with van der Waals surface area (Å²) >= 11 is 0. The van der Waals surface area contributed by atoms with E-state index in [9.17, 15) is 4.79 Å². The van der Waals surface area contributed by atoms with Gasteiger partial charge in [-0.2, -0.15) is 0 Å². The van der Waals surface area contributed by atoms with E-state index in [0.29, 0.717) is 0 Å². The van der Waals surface area contributed by atoms with Crippen LogP contribution in [-0.2, 0) is 4.79 Å². The van der Waals surface area contributed by atoms with Crippen LogP contribution in [0, 0.1) is 0 Å². The Morgan fingerprint density at radius 2 is 2.33 bits per heavy atom. The minimum atomic E-state index is -0.443. The first-order valence-electron chi connectivity index (χ1n) is 6.47. The summed E-state index contributed by atoms with van der Waals surface area (Å²) in [7, 11) is 0. The SMILES string of the molecule is C1=CCNC=C1.CCCCCC1=NC(C=O)N=C1. The molecule has 0 aromatic carbocycles. The zero-order valence-corrected chi connectivity index (χ0v) is 10.9. The first-order chi connectivity index (χ1) is 8.86. The van der Waals surface area contributed by atoms with Crippen LogP contribution in [0.1, 0.15) is 32.6 Å². The molecular weight excluding hydrogens is 226 g/mol. The number of hydrogen-bond acceptors (Lipinski definition) is 4. The number of carbonyl (C=O) groups excluding carboxylic acids is 1. The highest BCUT2D eigenvalue weighted by molar-refractivity contribution is 6.32. The fourth-order valence-electron chi connectivity index (χ4n) is 1.56. The molecule has 1 unspecified atom stereocenters. The van der Waals surface area contributed by atoms with Crippen molar-refractivity contribution in [1.82, 2.24) is 5.32 Å². The predicted molar refractivity (Wildman–Crippen MR) is 76.2 cm³/mol. The second-order valence-electron chi connectivity index (χ2n) is 4.10. The molecule has 98 valence electrons. The lowest BCUT2D eigenvalue weighted by Gasteiger charge is -1.95. The van der Waals surface area contributed by atoms with E-state index in [1.807, 2.05) is 18.4 Å². The highest BCUT2D eigenvalue weighted by Gasteiger charge is 2.09. The van der Waals surface area contributed by atoms with Crippen molar-refractivity contribution in [2.24, 2.45) is 9.98 Å². The second kappa shape index (κ2) is 9.33. The summed E-state index contributed by atoms with van der Waals surface area (Å²) in [6, 6.07) is 0. The highest BCUT2D eigenvalue weighted by atomic mass is 16.1. The quantitative estimate of drug-likeness (QED) is 0.598. The van der Waals surface area contributed by atoms with Gasteiger partial charge in [-0.05, 0) is 25.1 Å². The van der Waals surface area contributed by atoms with Gasteiger partial charge in [-0.3, -0.25) is 14.8 Å². The molecule has 0 aliphatic carbocycles. The summed E-state index contributed by atoms with van der Waals surface area (Å²) in [5, 5.41) is 3.02. The van der Waals surface area contributed by atoms with Gasteiger partial charge in [0.2, 0.25) is 0 Å². The molecule has 0 aromatic rings. The van der Waals surface area contributed by atoms with Gasteiger partial charge in [-0.15, -0.1) is 0 Å². The summed E-state index contributed by atoms with van der Waals surface area (Å²) in [5.41, 5.74) is 0.973. The van der Waals surface area contributed by atoms with Crippen molar-refractivity contribution >= 4 is 18.2 Å². The Labute approximate surface area is 109 Å². The average molecular weight is 247 g/mol. The standard InChI is InChI=1S/C9H14N2O.C5H7N/c1-2-3-4-5-8-6-10-9(7-12)11-8;1-2-4-6-5-3-1/h6-7,9H,2-5H2,1H3;1-4,6H,5H2. The number of unbranched alkanes of at least 4 members (excludes halogenated alkanes) is 2. The van der Waals surface area contributed by atoms with Crippen LogP contribution in [0.2, 0.25) is 0 Å². The smallest absolute Gasteiger partial charge is 0.195 e. The van der Waals surface area contributed by atoms with Crippen molar-refractivity contribution in [2.45, 2.75) is 38.8 Å². The first-order valence-corrected chi connectivity index (χ1v) is 6.47. The summed E-state index contributed by atoms with van der Waals surface area (Å²) in [4.78, 5) is 18.3. The summed E-state index contributed by atoms with van der Waals surface area (Å²) in [6.45, 7) is 3.15. The van der Waals surface area contributed by atoms with Gasteiger partial charge >= 0.3 is 0 Å². The Morgan fingerprint density at radius 3 is 2.78 bits per heavy atom. The van der Waals surface area contributed by atoms with Crippen molar-refractivity contribution < 1.29 is 4.79 Å². The van der Waals surface area contributed by atoms with Gasteiger partial charge in [0.25, 0.3) is 0 Å². The lowest BCUT2D eigenvalue weighted by Crippen LogP contribution is -2.05. The number of allylic oxidation sites excluding steroid dienone is 2. The minimum absolute atomic E-state index is 0.443. The molecule has 0 saturated heterocycles. The molecule has 2 rings (SSSR count). The van der Waals surface area contributed by atoms with Crippen LogP contribution in [0.4, 0.5) is 0 Å². The lowest BCUT2D eigenvalue weighted by atomic mass is 10.1. The summed E-state index contributed by atoms with van der Waals surface area (Å²) < 4.78 is 0. The van der Waals surface area contributed by atoms with Gasteiger partial charge in [-0.25, -0.2) is 0 Å². The van der Waals surface area contributed by atoms with E-state index in [4.69, 9.17) is 0 Å². The molecular formula is C14H21N3O. The number of hydrogen-bond donors (Lipinski definition) is 1. The second-order valence-corrected chi connectivity index (χ2v) is 4.10. The number of nitrogens with one attached hydrogen (secondary N) is 1. The Morgan fingerprint density at radius 1 is 1.44 bits per heavy atom. The molecule has 2 heterocycles. The van der Waals surface area contributed by atoms with Crippen LogP contribution < -0.4 is 5.32 Å². The first kappa shape index (κ1) is 14.4. The minimum Gasteiger partial charge on any atom is -0.387 e. The molecule has 0 aromatic heterocycles. The molecule has 0 spiro atoms. The molecule has 18 heavy (non-hydrogen) atoms. The van der Waals surface area contributed by atoms with Crippen LogP contribution in [0.15, 0.2) is 34.4 Å². The summed E-state index contributed by atoms with van der Waals surface area (Å²) in [5.74, 6) is 0.